The van der Waals surface area contributed by atoms with Crippen molar-refractivity contribution in [3.8, 4) is 22.4 Å². The molecule has 2 heterocycles. The predicted octanol–water partition coefficient (Wildman–Crippen LogP) is 6.26. The zero-order valence-corrected chi connectivity index (χ0v) is 23.4. The summed E-state index contributed by atoms with van der Waals surface area (Å²) in [7, 11) is 0. The van der Waals surface area contributed by atoms with Gasteiger partial charge < -0.3 is 25.4 Å². The lowest BCUT2D eigenvalue weighted by Gasteiger charge is -2.32. The van der Waals surface area contributed by atoms with Gasteiger partial charge in [-0.15, -0.1) is 0 Å². The van der Waals surface area contributed by atoms with Crippen molar-refractivity contribution in [2.75, 3.05) is 18.5 Å². The van der Waals surface area contributed by atoms with Gasteiger partial charge in [0.25, 0.3) is 0 Å². The fourth-order valence-corrected chi connectivity index (χ4v) is 5.86. The van der Waals surface area contributed by atoms with Crippen molar-refractivity contribution in [3.05, 3.63) is 72.4 Å². The van der Waals surface area contributed by atoms with Gasteiger partial charge in [0.15, 0.2) is 0 Å². The van der Waals surface area contributed by atoms with Crippen LogP contribution in [0.4, 0.5) is 15.3 Å². The summed E-state index contributed by atoms with van der Waals surface area (Å²) in [6, 6.07) is 19.7. The molecule has 214 valence electrons. The Bertz CT molecular complexity index is 1400. The highest BCUT2D eigenvalue weighted by Crippen LogP contribution is 2.35. The number of nitrogens with one attached hydrogen (secondary N) is 2. The molecule has 1 saturated heterocycles. The number of nitrogens with zero attached hydrogens (tertiary/aromatic N) is 2. The van der Waals surface area contributed by atoms with Crippen molar-refractivity contribution in [2.45, 2.75) is 57.5 Å². The normalized spacial score (nSPS) is 19.0. The van der Waals surface area contributed by atoms with Gasteiger partial charge in [-0.25, -0.2) is 9.59 Å². The van der Waals surface area contributed by atoms with Gasteiger partial charge in [-0.05, 0) is 62.6 Å². The van der Waals surface area contributed by atoms with E-state index in [1.54, 1.807) is 6.20 Å². The summed E-state index contributed by atoms with van der Waals surface area (Å²) in [5, 5.41) is 14.8. The van der Waals surface area contributed by atoms with E-state index in [4.69, 9.17) is 9.72 Å². The molecule has 2 aliphatic rings. The van der Waals surface area contributed by atoms with Crippen molar-refractivity contribution in [1.82, 2.24) is 15.2 Å². The molecule has 0 atom stereocenters. The van der Waals surface area contributed by atoms with E-state index < -0.39 is 11.6 Å². The molecule has 1 saturated carbocycles. The summed E-state index contributed by atoms with van der Waals surface area (Å²) in [6.07, 6.45) is 4.41. The minimum atomic E-state index is -1.08. The average molecular weight is 557 g/mol. The number of hydrogen-bond acceptors (Lipinski definition) is 5. The summed E-state index contributed by atoms with van der Waals surface area (Å²) >= 11 is 0. The molecule has 3 N–H and O–H groups in total. The number of rotatable bonds is 8. The number of aromatic nitrogens is 1. The number of pyridine rings is 1. The lowest BCUT2D eigenvalue weighted by Crippen LogP contribution is -2.39. The van der Waals surface area contributed by atoms with E-state index in [1.807, 2.05) is 79.4 Å². The van der Waals surface area contributed by atoms with Crippen LogP contribution in [0, 0.1) is 5.92 Å². The fourth-order valence-electron chi connectivity index (χ4n) is 5.86. The molecule has 0 unspecified atom stereocenters. The Labute approximate surface area is 239 Å². The lowest BCUT2D eigenvalue weighted by molar-refractivity contribution is -0.117. The first-order chi connectivity index (χ1) is 19.7. The van der Waals surface area contributed by atoms with Crippen LogP contribution in [0.2, 0.25) is 0 Å². The molecule has 5 rings (SSSR count). The summed E-state index contributed by atoms with van der Waals surface area (Å²) in [4.78, 5) is 42.7. The van der Waals surface area contributed by atoms with Gasteiger partial charge in [-0.1, -0.05) is 54.6 Å². The summed E-state index contributed by atoms with van der Waals surface area (Å²) in [5.41, 5.74) is 4.24. The number of ether oxygens (including phenoxy) is 1. The van der Waals surface area contributed by atoms with E-state index in [0.29, 0.717) is 25.3 Å². The van der Waals surface area contributed by atoms with Crippen molar-refractivity contribution >= 4 is 23.8 Å². The van der Waals surface area contributed by atoms with E-state index >= 15 is 0 Å². The number of anilines is 1. The van der Waals surface area contributed by atoms with E-state index in [0.717, 1.165) is 53.6 Å². The molecule has 3 amide bonds. The topological polar surface area (TPSA) is 121 Å². The van der Waals surface area contributed by atoms with Gasteiger partial charge in [0.2, 0.25) is 5.91 Å². The summed E-state index contributed by atoms with van der Waals surface area (Å²) in [5.74, 6) is 0.240. The standard InChI is InChI=1S/C32H36N4O5/c1-32(2,35-30(38)39)24-12-10-23(11-13-24)29-27(22-6-4-3-5-7-22)19-25(20-33-29)34-28(37)18-21-8-14-26(15-9-21)36-16-17-41-31(36)40/h3-7,10-13,19-21,26,35H,8-9,14-18H2,1-2H3,(H,34,37)(H,38,39)/t21-,26-. The van der Waals surface area contributed by atoms with E-state index in [-0.39, 0.29) is 24.0 Å². The molecule has 9 nitrogen and oxygen atoms in total. The van der Waals surface area contributed by atoms with Crippen LogP contribution in [0.15, 0.2) is 66.9 Å². The molecular weight excluding hydrogens is 520 g/mol. The highest BCUT2D eigenvalue weighted by molar-refractivity contribution is 5.93. The molecule has 0 radical (unpaired) electrons. The Hall–Kier alpha value is -4.40. The highest BCUT2D eigenvalue weighted by Gasteiger charge is 2.33. The van der Waals surface area contributed by atoms with E-state index in [1.165, 1.54) is 0 Å². The quantitative estimate of drug-likeness (QED) is 0.301. The predicted molar refractivity (Wildman–Crippen MR) is 156 cm³/mol. The first kappa shape index (κ1) is 28.1. The Morgan fingerprint density at radius 3 is 2.37 bits per heavy atom. The Balaban J connectivity index is 1.29. The number of hydrogen-bond donors (Lipinski definition) is 3. The summed E-state index contributed by atoms with van der Waals surface area (Å²) < 4.78 is 5.08. The third-order valence-corrected chi connectivity index (χ3v) is 8.08. The molecule has 1 aliphatic carbocycles. The largest absolute Gasteiger partial charge is 0.465 e. The van der Waals surface area contributed by atoms with Crippen LogP contribution in [0.5, 0.6) is 0 Å². The molecule has 2 aromatic carbocycles. The highest BCUT2D eigenvalue weighted by atomic mass is 16.6. The van der Waals surface area contributed by atoms with Gasteiger partial charge in [0.05, 0.1) is 29.7 Å². The number of benzene rings is 2. The van der Waals surface area contributed by atoms with Gasteiger partial charge >= 0.3 is 12.2 Å². The second-order valence-corrected chi connectivity index (χ2v) is 11.4. The molecule has 9 heteroatoms. The van der Waals surface area contributed by atoms with Crippen LogP contribution in [0.1, 0.15) is 51.5 Å². The molecule has 0 bridgehead atoms. The number of carboxylic acid groups (broad SMARTS) is 1. The molecule has 0 spiro atoms. The van der Waals surface area contributed by atoms with Crippen LogP contribution < -0.4 is 10.6 Å². The van der Waals surface area contributed by atoms with Gasteiger partial charge in [-0.3, -0.25) is 9.78 Å². The van der Waals surface area contributed by atoms with Gasteiger partial charge in [0, 0.05) is 23.6 Å². The van der Waals surface area contributed by atoms with Crippen molar-refractivity contribution < 1.29 is 24.2 Å². The van der Waals surface area contributed by atoms with Gasteiger partial charge in [0.1, 0.15) is 6.61 Å². The Morgan fingerprint density at radius 2 is 1.73 bits per heavy atom. The zero-order valence-electron chi connectivity index (χ0n) is 23.4. The molecular formula is C32H36N4O5. The lowest BCUT2D eigenvalue weighted by atomic mass is 9.83. The third-order valence-electron chi connectivity index (χ3n) is 8.08. The van der Waals surface area contributed by atoms with E-state index in [9.17, 15) is 19.5 Å². The molecule has 1 aliphatic heterocycles. The number of amides is 3. The van der Waals surface area contributed by atoms with E-state index in [2.05, 4.69) is 10.6 Å². The maximum Gasteiger partial charge on any atom is 0.410 e. The van der Waals surface area contributed by atoms with Crippen LogP contribution in [0.25, 0.3) is 22.4 Å². The maximum absolute atomic E-state index is 13.0. The second-order valence-electron chi connectivity index (χ2n) is 11.4. The first-order valence-electron chi connectivity index (χ1n) is 14.1. The van der Waals surface area contributed by atoms with Crippen LogP contribution in [-0.2, 0) is 15.1 Å². The van der Waals surface area contributed by atoms with Gasteiger partial charge in [-0.2, -0.15) is 0 Å². The Morgan fingerprint density at radius 1 is 1.02 bits per heavy atom. The second kappa shape index (κ2) is 12.0. The zero-order chi connectivity index (χ0) is 29.0. The number of carbonyl (C=O) groups is 3. The smallest absolute Gasteiger partial charge is 0.410 e. The van der Waals surface area contributed by atoms with Crippen molar-refractivity contribution in [3.63, 3.8) is 0 Å². The Kier molecular flexibility index (Phi) is 8.23. The van der Waals surface area contributed by atoms with Crippen molar-refractivity contribution in [2.24, 2.45) is 5.92 Å². The maximum atomic E-state index is 13.0. The molecule has 41 heavy (non-hydrogen) atoms. The fraction of sp³-hybridized carbons (Fsp3) is 0.375. The molecule has 1 aromatic heterocycles. The number of carbonyl (C=O) groups excluding carboxylic acids is 2. The molecule has 3 aromatic rings. The minimum absolute atomic E-state index is 0.0416. The average Bonchev–Trinajstić information content (AvgIpc) is 3.39. The monoisotopic (exact) mass is 556 g/mol. The summed E-state index contributed by atoms with van der Waals surface area (Å²) in [6.45, 7) is 4.75. The van der Waals surface area contributed by atoms with Crippen LogP contribution in [0.3, 0.4) is 0 Å². The van der Waals surface area contributed by atoms with Crippen LogP contribution >= 0.6 is 0 Å². The minimum Gasteiger partial charge on any atom is -0.465 e. The number of cyclic esters (lactones) is 1. The van der Waals surface area contributed by atoms with Crippen molar-refractivity contribution in [1.29, 1.82) is 0 Å². The SMILES string of the molecule is CC(C)(NC(=O)O)c1ccc(-c2ncc(NC(=O)C[C@H]3CC[C@H](N4CCOC4=O)CC3)cc2-c2ccccc2)cc1. The molecule has 2 fully saturated rings. The first-order valence-corrected chi connectivity index (χ1v) is 14.1. The van der Waals surface area contributed by atoms with Crippen LogP contribution in [-0.4, -0.2) is 52.3 Å². The third kappa shape index (κ3) is 6.67.